The number of H-pyrrole nitrogens is 1. The number of thiazole rings is 1. The van der Waals surface area contributed by atoms with Crippen LogP contribution in [-0.4, -0.2) is 19.2 Å². The minimum Gasteiger partial charge on any atom is -0.493 e. The minimum atomic E-state index is 0.721. The summed E-state index contributed by atoms with van der Waals surface area (Å²) in [6.07, 6.45) is 0. The zero-order valence-electron chi connectivity index (χ0n) is 9.87. The first-order valence-corrected chi connectivity index (χ1v) is 6.35. The van der Waals surface area contributed by atoms with Crippen LogP contribution in [0.1, 0.15) is 5.56 Å². The van der Waals surface area contributed by atoms with Crippen molar-refractivity contribution in [2.45, 2.75) is 6.92 Å². The molecule has 0 unspecified atom stereocenters. The van der Waals surface area contributed by atoms with Gasteiger partial charge in [-0.2, -0.15) is 0 Å². The highest BCUT2D eigenvalue weighted by Crippen LogP contribution is 2.35. The van der Waals surface area contributed by atoms with Gasteiger partial charge in [0, 0.05) is 10.9 Å². The number of aryl methyl sites for hydroxylation is 1. The van der Waals surface area contributed by atoms with E-state index in [1.165, 1.54) is 11.3 Å². The van der Waals surface area contributed by atoms with Gasteiger partial charge in [-0.1, -0.05) is 0 Å². The molecule has 17 heavy (non-hydrogen) atoms. The molecule has 0 atom stereocenters. The van der Waals surface area contributed by atoms with Crippen LogP contribution >= 0.6 is 23.6 Å². The largest absolute Gasteiger partial charge is 0.493 e. The topological polar surface area (TPSA) is 34.2 Å². The number of hydrogen-bond acceptors (Lipinski definition) is 4. The summed E-state index contributed by atoms with van der Waals surface area (Å²) in [5.41, 5.74) is 3.21. The Morgan fingerprint density at radius 2 is 1.82 bits per heavy atom. The van der Waals surface area contributed by atoms with E-state index in [0.29, 0.717) is 0 Å². The zero-order valence-corrected chi connectivity index (χ0v) is 11.5. The van der Waals surface area contributed by atoms with E-state index < -0.39 is 0 Å². The maximum absolute atomic E-state index is 5.30. The molecule has 1 aromatic heterocycles. The maximum Gasteiger partial charge on any atom is 0.161 e. The van der Waals surface area contributed by atoms with Crippen molar-refractivity contribution >= 4 is 23.6 Å². The third kappa shape index (κ3) is 2.35. The van der Waals surface area contributed by atoms with Gasteiger partial charge in [0.2, 0.25) is 0 Å². The number of benzene rings is 1. The first-order chi connectivity index (χ1) is 8.15. The number of hydrogen-bond donors (Lipinski definition) is 1. The van der Waals surface area contributed by atoms with Crippen molar-refractivity contribution < 1.29 is 9.47 Å². The lowest BCUT2D eigenvalue weighted by molar-refractivity contribution is 0.355. The second kappa shape index (κ2) is 4.89. The van der Waals surface area contributed by atoms with E-state index in [2.05, 4.69) is 4.98 Å². The van der Waals surface area contributed by atoms with Crippen LogP contribution in [0.25, 0.3) is 11.3 Å². The number of aromatic amines is 1. The van der Waals surface area contributed by atoms with Gasteiger partial charge < -0.3 is 14.5 Å². The normalized spacial score (nSPS) is 10.3. The molecule has 1 heterocycles. The van der Waals surface area contributed by atoms with Crippen LogP contribution in [0.5, 0.6) is 11.5 Å². The Balaban J connectivity index is 2.58. The van der Waals surface area contributed by atoms with Gasteiger partial charge in [0.05, 0.1) is 19.9 Å². The van der Waals surface area contributed by atoms with Gasteiger partial charge in [0.15, 0.2) is 15.5 Å². The molecule has 0 aliphatic heterocycles. The number of rotatable bonds is 3. The molecular weight excluding hydrogens is 254 g/mol. The molecular formula is C12H13NO2S2. The fraction of sp³-hybridized carbons (Fsp3) is 0.250. The molecule has 0 spiro atoms. The van der Waals surface area contributed by atoms with E-state index in [0.717, 1.165) is 32.3 Å². The van der Waals surface area contributed by atoms with Gasteiger partial charge in [0.1, 0.15) is 0 Å². The van der Waals surface area contributed by atoms with Crippen LogP contribution in [-0.2, 0) is 0 Å². The lowest BCUT2D eigenvalue weighted by Gasteiger charge is -2.11. The van der Waals surface area contributed by atoms with Crippen molar-refractivity contribution in [2.24, 2.45) is 0 Å². The van der Waals surface area contributed by atoms with Gasteiger partial charge in [-0.15, -0.1) is 11.3 Å². The summed E-state index contributed by atoms with van der Waals surface area (Å²) in [6.45, 7) is 2.03. The average molecular weight is 267 g/mol. The summed E-state index contributed by atoms with van der Waals surface area (Å²) < 4.78 is 11.3. The number of ether oxygens (including phenoxy) is 2. The number of nitrogens with one attached hydrogen (secondary N) is 1. The van der Waals surface area contributed by atoms with Crippen molar-refractivity contribution in [1.82, 2.24) is 4.98 Å². The third-order valence-corrected chi connectivity index (χ3v) is 3.60. The molecule has 0 bridgehead atoms. The van der Waals surface area contributed by atoms with E-state index >= 15 is 0 Å². The Bertz CT molecular complexity index is 586. The molecule has 0 aliphatic carbocycles. The van der Waals surface area contributed by atoms with Crippen molar-refractivity contribution in [1.29, 1.82) is 0 Å². The van der Waals surface area contributed by atoms with E-state index in [1.807, 2.05) is 24.4 Å². The smallest absolute Gasteiger partial charge is 0.161 e. The molecule has 0 saturated heterocycles. The van der Waals surface area contributed by atoms with Crippen molar-refractivity contribution in [2.75, 3.05) is 14.2 Å². The van der Waals surface area contributed by atoms with Crippen LogP contribution < -0.4 is 9.47 Å². The number of methoxy groups -OCH3 is 2. The Hall–Kier alpha value is -1.33. The Kier molecular flexibility index (Phi) is 3.49. The molecule has 0 aliphatic rings. The maximum atomic E-state index is 5.30. The van der Waals surface area contributed by atoms with E-state index in [4.69, 9.17) is 21.7 Å². The van der Waals surface area contributed by atoms with Gasteiger partial charge in [-0.25, -0.2) is 0 Å². The van der Waals surface area contributed by atoms with Gasteiger partial charge in [-0.05, 0) is 36.8 Å². The van der Waals surface area contributed by atoms with Crippen LogP contribution in [0.2, 0.25) is 0 Å². The lowest BCUT2D eigenvalue weighted by atomic mass is 10.1. The summed E-state index contributed by atoms with van der Waals surface area (Å²) in [7, 11) is 3.27. The molecule has 2 rings (SSSR count). The van der Waals surface area contributed by atoms with Crippen LogP contribution in [0.15, 0.2) is 17.5 Å². The zero-order chi connectivity index (χ0) is 12.4. The molecule has 90 valence electrons. The van der Waals surface area contributed by atoms with Crippen molar-refractivity contribution in [3.8, 4) is 22.8 Å². The SMILES string of the molecule is COc1cc(C)c(-c2csc(=S)[nH]2)cc1OC. The van der Waals surface area contributed by atoms with E-state index in [1.54, 1.807) is 14.2 Å². The first kappa shape index (κ1) is 12.1. The highest BCUT2D eigenvalue weighted by atomic mass is 32.1. The minimum absolute atomic E-state index is 0.721. The summed E-state index contributed by atoms with van der Waals surface area (Å²) >= 11 is 6.61. The van der Waals surface area contributed by atoms with E-state index in [-0.39, 0.29) is 0 Å². The average Bonchev–Trinajstić information content (AvgIpc) is 2.75. The predicted molar refractivity (Wildman–Crippen MR) is 72.8 cm³/mol. The molecule has 0 amide bonds. The quantitative estimate of drug-likeness (QED) is 0.859. The van der Waals surface area contributed by atoms with Crippen LogP contribution in [0.4, 0.5) is 0 Å². The van der Waals surface area contributed by atoms with Gasteiger partial charge >= 0.3 is 0 Å². The predicted octanol–water partition coefficient (Wildman–Crippen LogP) is 3.80. The monoisotopic (exact) mass is 267 g/mol. The van der Waals surface area contributed by atoms with Gasteiger partial charge in [0.25, 0.3) is 0 Å². The Labute approximate surface area is 109 Å². The third-order valence-electron chi connectivity index (χ3n) is 2.54. The molecule has 0 radical (unpaired) electrons. The summed E-state index contributed by atoms with van der Waals surface area (Å²) in [6, 6.07) is 3.92. The Morgan fingerprint density at radius 3 is 2.35 bits per heavy atom. The second-order valence-electron chi connectivity index (χ2n) is 3.58. The molecule has 5 heteroatoms. The van der Waals surface area contributed by atoms with Crippen molar-refractivity contribution in [3.63, 3.8) is 0 Å². The summed E-state index contributed by atoms with van der Waals surface area (Å²) in [4.78, 5) is 3.16. The summed E-state index contributed by atoms with van der Waals surface area (Å²) in [5, 5.41) is 2.01. The highest BCUT2D eigenvalue weighted by Gasteiger charge is 2.10. The van der Waals surface area contributed by atoms with E-state index in [9.17, 15) is 0 Å². The van der Waals surface area contributed by atoms with Gasteiger partial charge in [-0.3, -0.25) is 0 Å². The molecule has 1 aromatic carbocycles. The van der Waals surface area contributed by atoms with Crippen molar-refractivity contribution in [3.05, 3.63) is 27.0 Å². The second-order valence-corrected chi connectivity index (χ2v) is 5.13. The standard InChI is InChI=1S/C12H13NO2S2/c1-7-4-10(14-2)11(15-3)5-8(7)9-6-17-12(16)13-9/h4-6H,1-3H3,(H,13,16). The molecule has 3 nitrogen and oxygen atoms in total. The molecule has 0 saturated carbocycles. The molecule has 1 N–H and O–H groups in total. The summed E-state index contributed by atoms with van der Waals surface area (Å²) in [5.74, 6) is 1.46. The highest BCUT2D eigenvalue weighted by molar-refractivity contribution is 7.73. The van der Waals surface area contributed by atoms with Crippen LogP contribution in [0, 0.1) is 10.9 Å². The lowest BCUT2D eigenvalue weighted by Crippen LogP contribution is -1.93. The fourth-order valence-electron chi connectivity index (χ4n) is 1.68. The fourth-order valence-corrected chi connectivity index (χ4v) is 2.52. The first-order valence-electron chi connectivity index (χ1n) is 5.06. The number of aromatic nitrogens is 1. The molecule has 2 aromatic rings. The molecule has 0 fully saturated rings. The Morgan fingerprint density at radius 1 is 1.18 bits per heavy atom. The van der Waals surface area contributed by atoms with Crippen LogP contribution in [0.3, 0.4) is 0 Å².